The van der Waals surface area contributed by atoms with Gasteiger partial charge in [0.15, 0.2) is 5.67 Å². The number of aliphatic hydroxyl groups is 1. The zero-order valence-electron chi connectivity index (χ0n) is 48.6. The predicted molar refractivity (Wildman–Crippen MR) is 313 cm³/mol. The normalized spacial score (nSPS) is 19.4. The molecule has 6 amide bonds. The van der Waals surface area contributed by atoms with E-state index in [1.165, 1.54) is 34.4 Å². The number of hydrogen-bond acceptors (Lipinski definition) is 12. The van der Waals surface area contributed by atoms with Crippen molar-refractivity contribution in [3.05, 3.63) is 123 Å². The van der Waals surface area contributed by atoms with E-state index in [2.05, 4.69) is 41.5 Å². The van der Waals surface area contributed by atoms with E-state index in [1.807, 2.05) is 44.9 Å². The molecule has 0 spiro atoms. The van der Waals surface area contributed by atoms with E-state index in [0.717, 1.165) is 22.2 Å². The number of aryl methyl sites for hydroxylation is 1. The van der Waals surface area contributed by atoms with Gasteiger partial charge in [0.2, 0.25) is 23.3 Å². The Hall–Kier alpha value is -7.57. The number of rotatable bonds is 21. The van der Waals surface area contributed by atoms with E-state index in [1.54, 1.807) is 50.5 Å². The summed E-state index contributed by atoms with van der Waals surface area (Å²) in [4.78, 5) is 106. The Morgan fingerprint density at radius 3 is 2.12 bits per heavy atom. The van der Waals surface area contributed by atoms with Crippen LogP contribution in [0, 0.1) is 18.2 Å². The fraction of sp³-hybridized carbons (Fsp3) is 0.475. The number of aliphatic hydroxyl groups excluding tert-OH is 1. The third-order valence-corrected chi connectivity index (χ3v) is 17.0. The molecule has 2 aliphatic heterocycles. The van der Waals surface area contributed by atoms with Crippen LogP contribution in [0.3, 0.4) is 0 Å². The number of pyridine rings is 1. The van der Waals surface area contributed by atoms with Crippen LogP contribution in [0.25, 0.3) is 21.6 Å². The van der Waals surface area contributed by atoms with Crippen molar-refractivity contribution in [2.24, 2.45) is 5.41 Å². The third kappa shape index (κ3) is 15.5. The second-order valence-electron chi connectivity index (χ2n) is 23.6. The quantitative estimate of drug-likeness (QED) is 0.0274. The van der Waals surface area contributed by atoms with Crippen LogP contribution in [0.1, 0.15) is 130 Å². The van der Waals surface area contributed by atoms with E-state index in [9.17, 15) is 56.2 Å². The van der Waals surface area contributed by atoms with Crippen molar-refractivity contribution in [3.63, 3.8) is 0 Å². The number of aromatic amines is 1. The number of thiazole rings is 1. The van der Waals surface area contributed by atoms with Crippen molar-refractivity contribution >= 4 is 58.2 Å². The number of nitrogens with zero attached hydrogens (tertiary/aromatic N) is 4. The van der Waals surface area contributed by atoms with Gasteiger partial charge in [-0.3, -0.25) is 38.5 Å². The maximum atomic E-state index is 16.0. The van der Waals surface area contributed by atoms with Crippen LogP contribution in [-0.4, -0.2) is 136 Å². The molecule has 0 unspecified atom stereocenters. The summed E-state index contributed by atoms with van der Waals surface area (Å²) in [5.41, 5.74) is -1.10. The molecule has 18 nitrogen and oxygen atoms in total. The summed E-state index contributed by atoms with van der Waals surface area (Å²) in [6.07, 6.45) is -3.03. The van der Waals surface area contributed by atoms with Gasteiger partial charge in [0.1, 0.15) is 17.9 Å². The molecule has 85 heavy (non-hydrogen) atoms. The zero-order chi connectivity index (χ0) is 61.7. The average Bonchev–Trinajstić information content (AvgIpc) is 2.21. The smallest absolute Gasteiger partial charge is 0.391 e. The second-order valence-corrected chi connectivity index (χ2v) is 24.4. The van der Waals surface area contributed by atoms with E-state index in [-0.39, 0.29) is 79.1 Å². The number of carbonyl (C=O) groups excluding carboxylic acids is 6. The first-order valence-corrected chi connectivity index (χ1v) is 29.4. The first-order chi connectivity index (χ1) is 40.1. The number of H-pyrrole nitrogens is 1. The maximum Gasteiger partial charge on any atom is 0.417 e. The highest BCUT2D eigenvalue weighted by Crippen LogP contribution is 2.41. The summed E-state index contributed by atoms with van der Waals surface area (Å²) < 4.78 is 72.8. The van der Waals surface area contributed by atoms with Crippen molar-refractivity contribution in [2.75, 3.05) is 50.0 Å². The Kier molecular flexibility index (Phi) is 19.7. The van der Waals surface area contributed by atoms with Gasteiger partial charge in [-0.15, -0.1) is 11.3 Å². The van der Waals surface area contributed by atoms with Crippen LogP contribution in [0.5, 0.6) is 0 Å². The summed E-state index contributed by atoms with van der Waals surface area (Å²) in [7, 11) is 1.98. The minimum absolute atomic E-state index is 0.0415. The maximum absolute atomic E-state index is 16.0. The molecule has 0 radical (unpaired) electrons. The number of aromatic nitrogens is 2. The lowest BCUT2D eigenvalue weighted by atomic mass is 9.85. The van der Waals surface area contributed by atoms with E-state index >= 15 is 4.39 Å². The van der Waals surface area contributed by atoms with Gasteiger partial charge in [-0.2, -0.15) is 13.2 Å². The molecule has 3 fully saturated rings. The Bertz CT molecular complexity index is 3330. The fourth-order valence-electron chi connectivity index (χ4n) is 10.7. The number of benzene rings is 3. The molecule has 5 aromatic rings. The molecule has 8 rings (SSSR count). The molecule has 3 aliphatic rings. The zero-order valence-corrected chi connectivity index (χ0v) is 49.4. The summed E-state index contributed by atoms with van der Waals surface area (Å²) in [5.74, 6) is -4.93. The monoisotopic (exact) mass is 1200 g/mol. The molecule has 6 atom stereocenters. The molecule has 7 N–H and O–H groups in total. The van der Waals surface area contributed by atoms with Crippen LogP contribution >= 0.6 is 11.3 Å². The van der Waals surface area contributed by atoms with Gasteiger partial charge in [-0.1, -0.05) is 70.0 Å². The largest absolute Gasteiger partial charge is 0.417 e. The standard InChI is InChI=1S/C61H73F5N10O8S/c1-34-30-75(31-35(2)74(34)7)48-19-17-39(25-47(48)72-55(81)43-29-69-50(78)27-44(43)61(64,65)66)42-18-16-40(24-45(42)62)54(80)68-23-11-9-8-10-22-67-51(79)28-46(37-12-14-38(15-13-37)52-36(3)70-33-85-52)71-56(82)49-26-41(77)32-76(49)57(83)53(59(4,5)6)73-58(84)60(63)20-21-60/h12-19,24-25,27,29,33-35,41,46,49,53,77H,8-11,20-23,26,28,30-32H2,1-7H3,(H,67,79)(H,68,80)(H,69,78)(H,71,82)(H,72,81)(H,73,84)/t34-,35+,41-,46+,49+,53-/m1/s1. The number of halogens is 5. The molecule has 24 heteroatoms. The highest BCUT2D eigenvalue weighted by atomic mass is 32.1. The van der Waals surface area contributed by atoms with Crippen LogP contribution in [0.2, 0.25) is 0 Å². The van der Waals surface area contributed by atoms with Crippen LogP contribution in [-0.2, 0) is 25.4 Å². The Morgan fingerprint density at radius 1 is 0.847 bits per heavy atom. The van der Waals surface area contributed by atoms with Crippen molar-refractivity contribution in [2.45, 2.75) is 141 Å². The number of β-amino-alcohol motifs (C(OH)–C–C–N with tert-alkyl or cyclic N) is 1. The number of hydrogen-bond donors (Lipinski definition) is 7. The van der Waals surface area contributed by atoms with Crippen LogP contribution in [0.15, 0.2) is 83.2 Å². The lowest BCUT2D eigenvalue weighted by Gasteiger charge is -2.44. The predicted octanol–water partition coefficient (Wildman–Crippen LogP) is 8.06. The molecular formula is C61H73F5N10O8S. The van der Waals surface area contributed by atoms with E-state index < -0.39 is 93.5 Å². The molecule has 2 aromatic heterocycles. The first-order valence-electron chi connectivity index (χ1n) is 28.5. The number of unbranched alkanes of at least 4 members (excludes halogenated alkanes) is 3. The molecule has 3 aromatic carbocycles. The third-order valence-electron chi connectivity index (χ3n) is 16.0. The lowest BCUT2D eigenvalue weighted by Crippen LogP contribution is -2.59. The second kappa shape index (κ2) is 26.4. The van der Waals surface area contributed by atoms with Gasteiger partial charge in [-0.25, -0.2) is 13.8 Å². The van der Waals surface area contributed by atoms with Crippen molar-refractivity contribution in [1.29, 1.82) is 0 Å². The molecule has 4 heterocycles. The number of piperazine rings is 1. The van der Waals surface area contributed by atoms with Gasteiger partial charge in [0, 0.05) is 74.6 Å². The van der Waals surface area contributed by atoms with Crippen molar-refractivity contribution in [1.82, 2.24) is 41.0 Å². The topological polar surface area (TPSA) is 238 Å². The summed E-state index contributed by atoms with van der Waals surface area (Å²) in [5, 5.41) is 24.6. The first kappa shape index (κ1) is 63.5. The Morgan fingerprint density at radius 2 is 1.51 bits per heavy atom. The molecule has 1 aliphatic carbocycles. The summed E-state index contributed by atoms with van der Waals surface area (Å²) in [6.45, 7) is 12.5. The molecular weight excluding hydrogens is 1130 g/mol. The Balaban J connectivity index is 0.848. The molecule has 456 valence electrons. The summed E-state index contributed by atoms with van der Waals surface area (Å²) in [6, 6.07) is 13.3. The number of alkyl halides is 4. The van der Waals surface area contributed by atoms with Gasteiger partial charge < -0.3 is 46.5 Å². The van der Waals surface area contributed by atoms with Gasteiger partial charge in [0.05, 0.1) is 57.1 Å². The molecule has 1 saturated carbocycles. The van der Waals surface area contributed by atoms with E-state index in [4.69, 9.17) is 0 Å². The number of anilines is 2. The number of likely N-dealkylation sites (N-methyl/N-ethyl adjacent to an activating group) is 1. The fourth-order valence-corrected chi connectivity index (χ4v) is 11.5. The van der Waals surface area contributed by atoms with Gasteiger partial charge in [0.25, 0.3) is 17.7 Å². The molecule has 2 saturated heterocycles. The number of amides is 6. The average molecular weight is 1200 g/mol. The minimum Gasteiger partial charge on any atom is -0.391 e. The summed E-state index contributed by atoms with van der Waals surface area (Å²) >= 11 is 1.47. The van der Waals surface area contributed by atoms with Gasteiger partial charge >= 0.3 is 6.18 Å². The molecule has 0 bridgehead atoms. The van der Waals surface area contributed by atoms with Crippen molar-refractivity contribution in [3.8, 4) is 21.6 Å². The van der Waals surface area contributed by atoms with Crippen LogP contribution in [0.4, 0.5) is 33.3 Å². The SMILES string of the molecule is Cc1ncsc1-c1ccc([C@H](CC(=O)NCCCCCCNC(=O)c2ccc(-c3ccc(N4C[C@@H](C)N(C)[C@@H](C)C4)c(NC(=O)c4c[nH]c(=O)cc4C(F)(F)F)c3)c(F)c2)NC(=O)[C@@H]2C[C@@H](O)CN2C(=O)[C@@H](NC(=O)C2(F)CC2)C(C)(C)C)cc1. The van der Waals surface area contributed by atoms with Gasteiger partial charge in [-0.05, 0) is 99.9 Å². The van der Waals surface area contributed by atoms with Crippen LogP contribution < -0.4 is 37.0 Å². The number of carbonyl (C=O) groups is 6. The highest BCUT2D eigenvalue weighted by molar-refractivity contribution is 7.13. The highest BCUT2D eigenvalue weighted by Gasteiger charge is 2.53. The lowest BCUT2D eigenvalue weighted by molar-refractivity contribution is -0.145. The van der Waals surface area contributed by atoms with E-state index in [0.29, 0.717) is 68.8 Å². The minimum atomic E-state index is -5.01. The number of likely N-dealkylation sites (tertiary alicyclic amines) is 1. The number of nitrogens with one attached hydrogen (secondary N) is 6. The van der Waals surface area contributed by atoms with Crippen molar-refractivity contribution < 1.29 is 55.8 Å². The Labute approximate surface area is 493 Å².